The summed E-state index contributed by atoms with van der Waals surface area (Å²) in [6.45, 7) is 5.33. The molecule has 0 radical (unpaired) electrons. The summed E-state index contributed by atoms with van der Waals surface area (Å²) < 4.78 is 13.7. The van der Waals surface area contributed by atoms with Crippen LogP contribution in [0.5, 0.6) is 0 Å². The second-order valence-corrected chi connectivity index (χ2v) is 5.35. The Labute approximate surface area is 106 Å². The topological polar surface area (TPSA) is 24.9 Å². The molecule has 1 aromatic heterocycles. The molecule has 0 aliphatic carbocycles. The number of hydrogen-bond donors (Lipinski definition) is 1. The van der Waals surface area contributed by atoms with Gasteiger partial charge in [0.05, 0.1) is 0 Å². The fraction of sp³-hybridized carbons (Fsp3) is 0.267. The zero-order valence-corrected chi connectivity index (χ0v) is 10.5. The third-order valence-electron chi connectivity index (χ3n) is 3.55. The molecule has 0 saturated heterocycles. The minimum absolute atomic E-state index is 0.140. The summed E-state index contributed by atoms with van der Waals surface area (Å²) in [4.78, 5) is 3.98. The highest BCUT2D eigenvalue weighted by Crippen LogP contribution is 2.38. The van der Waals surface area contributed by atoms with E-state index in [2.05, 4.69) is 30.2 Å². The molecule has 3 rings (SSSR count). The van der Waals surface area contributed by atoms with E-state index in [0.717, 1.165) is 17.8 Å². The van der Waals surface area contributed by atoms with Crippen LogP contribution >= 0.6 is 0 Å². The van der Waals surface area contributed by atoms with Gasteiger partial charge in [-0.25, -0.2) is 4.39 Å². The number of halogens is 1. The van der Waals surface area contributed by atoms with Gasteiger partial charge >= 0.3 is 0 Å². The van der Waals surface area contributed by atoms with Crippen LogP contribution in [0.15, 0.2) is 36.7 Å². The molecule has 1 aliphatic heterocycles. The van der Waals surface area contributed by atoms with E-state index in [1.807, 2.05) is 12.1 Å². The van der Waals surface area contributed by atoms with Crippen LogP contribution in [0.1, 0.15) is 19.4 Å². The predicted molar refractivity (Wildman–Crippen MR) is 71.1 cm³/mol. The highest BCUT2D eigenvalue weighted by atomic mass is 19.1. The van der Waals surface area contributed by atoms with Crippen LogP contribution in [-0.4, -0.2) is 11.5 Å². The van der Waals surface area contributed by atoms with Crippen LogP contribution in [-0.2, 0) is 5.41 Å². The molecule has 1 aromatic carbocycles. The zero-order chi connectivity index (χ0) is 12.8. The van der Waals surface area contributed by atoms with Gasteiger partial charge in [0, 0.05) is 35.6 Å². The Kier molecular flexibility index (Phi) is 2.37. The predicted octanol–water partition coefficient (Wildman–Crippen LogP) is 3.59. The number of aromatic nitrogens is 1. The zero-order valence-electron chi connectivity index (χ0n) is 10.5. The van der Waals surface area contributed by atoms with E-state index in [1.54, 1.807) is 6.20 Å². The molecule has 1 N–H and O–H groups in total. The van der Waals surface area contributed by atoms with Gasteiger partial charge in [0.25, 0.3) is 0 Å². The maximum atomic E-state index is 13.7. The average Bonchev–Trinajstić information content (AvgIpc) is 2.66. The lowest BCUT2D eigenvalue weighted by atomic mass is 9.86. The Hall–Kier alpha value is -1.90. The number of fused-ring (bicyclic) bond motifs is 1. The first-order chi connectivity index (χ1) is 8.58. The summed E-state index contributed by atoms with van der Waals surface area (Å²) in [5.74, 6) is -0.234. The van der Waals surface area contributed by atoms with Gasteiger partial charge in [0.15, 0.2) is 0 Å². The van der Waals surface area contributed by atoms with E-state index in [0.29, 0.717) is 5.56 Å². The summed E-state index contributed by atoms with van der Waals surface area (Å²) in [7, 11) is 0. The second kappa shape index (κ2) is 3.80. The highest BCUT2D eigenvalue weighted by Gasteiger charge is 2.29. The lowest BCUT2D eigenvalue weighted by Gasteiger charge is -2.17. The minimum Gasteiger partial charge on any atom is -0.384 e. The van der Waals surface area contributed by atoms with Crippen molar-refractivity contribution in [2.75, 3.05) is 11.9 Å². The van der Waals surface area contributed by atoms with Crippen LogP contribution in [0, 0.1) is 5.82 Å². The van der Waals surface area contributed by atoms with Gasteiger partial charge in [-0.1, -0.05) is 26.0 Å². The molecule has 2 heterocycles. The SMILES string of the molecule is CC1(C)CNc2cc(-c3cnccc3F)ccc21. The van der Waals surface area contributed by atoms with Crippen molar-refractivity contribution in [3.8, 4) is 11.1 Å². The Morgan fingerprint density at radius 1 is 1.28 bits per heavy atom. The van der Waals surface area contributed by atoms with Crippen LogP contribution in [0.3, 0.4) is 0 Å². The van der Waals surface area contributed by atoms with Crippen molar-refractivity contribution in [1.82, 2.24) is 4.98 Å². The number of benzene rings is 1. The first-order valence-electron chi connectivity index (χ1n) is 6.06. The number of hydrogen-bond acceptors (Lipinski definition) is 2. The first kappa shape index (κ1) is 11.2. The van der Waals surface area contributed by atoms with Crippen molar-refractivity contribution in [3.63, 3.8) is 0 Å². The van der Waals surface area contributed by atoms with E-state index in [9.17, 15) is 4.39 Å². The molecule has 92 valence electrons. The minimum atomic E-state index is -0.234. The summed E-state index contributed by atoms with van der Waals surface area (Å²) in [6.07, 6.45) is 3.03. The van der Waals surface area contributed by atoms with Crippen molar-refractivity contribution in [2.45, 2.75) is 19.3 Å². The van der Waals surface area contributed by atoms with Gasteiger partial charge in [-0.3, -0.25) is 4.98 Å². The third-order valence-corrected chi connectivity index (χ3v) is 3.55. The maximum Gasteiger partial charge on any atom is 0.134 e. The second-order valence-electron chi connectivity index (χ2n) is 5.35. The fourth-order valence-corrected chi connectivity index (χ4v) is 2.45. The van der Waals surface area contributed by atoms with Crippen molar-refractivity contribution in [2.24, 2.45) is 0 Å². The van der Waals surface area contributed by atoms with Crippen LogP contribution in [0.2, 0.25) is 0 Å². The summed E-state index contributed by atoms with van der Waals surface area (Å²) in [5, 5.41) is 3.38. The molecule has 0 bridgehead atoms. The summed E-state index contributed by atoms with van der Waals surface area (Å²) in [5.41, 5.74) is 3.94. The fourth-order valence-electron chi connectivity index (χ4n) is 2.45. The van der Waals surface area contributed by atoms with Gasteiger partial charge in [-0.05, 0) is 23.3 Å². The molecule has 3 heteroatoms. The molecule has 0 fully saturated rings. The van der Waals surface area contributed by atoms with Crippen LogP contribution in [0.25, 0.3) is 11.1 Å². The van der Waals surface area contributed by atoms with Gasteiger partial charge in [0.2, 0.25) is 0 Å². The van der Waals surface area contributed by atoms with E-state index >= 15 is 0 Å². The average molecular weight is 242 g/mol. The largest absolute Gasteiger partial charge is 0.384 e. The lowest BCUT2D eigenvalue weighted by molar-refractivity contribution is 0.586. The van der Waals surface area contributed by atoms with Crippen molar-refractivity contribution in [1.29, 1.82) is 0 Å². The van der Waals surface area contributed by atoms with E-state index in [1.165, 1.54) is 17.8 Å². The number of anilines is 1. The Bertz CT molecular complexity index is 605. The molecule has 0 spiro atoms. The molecule has 0 unspecified atom stereocenters. The Balaban J connectivity index is 2.10. The first-order valence-corrected chi connectivity index (χ1v) is 6.06. The highest BCUT2D eigenvalue weighted by molar-refractivity contribution is 5.72. The quantitative estimate of drug-likeness (QED) is 0.826. The Morgan fingerprint density at radius 2 is 2.11 bits per heavy atom. The molecule has 0 amide bonds. The van der Waals surface area contributed by atoms with Gasteiger partial charge in [-0.2, -0.15) is 0 Å². The standard InChI is InChI=1S/C15H15FN2/c1-15(2)9-18-14-7-10(3-4-12(14)15)11-8-17-6-5-13(11)16/h3-8,18H,9H2,1-2H3. The molecule has 0 atom stereocenters. The normalized spacial score (nSPS) is 16.2. The molecular weight excluding hydrogens is 227 g/mol. The van der Waals surface area contributed by atoms with Gasteiger partial charge in [0.1, 0.15) is 5.82 Å². The molecule has 0 saturated carbocycles. The monoisotopic (exact) mass is 242 g/mol. The maximum absolute atomic E-state index is 13.7. The lowest BCUT2D eigenvalue weighted by Crippen LogP contribution is -2.18. The molecule has 2 aromatic rings. The van der Waals surface area contributed by atoms with Crippen molar-refractivity contribution in [3.05, 3.63) is 48.0 Å². The summed E-state index contributed by atoms with van der Waals surface area (Å²) >= 11 is 0. The number of pyridine rings is 1. The van der Waals surface area contributed by atoms with Crippen LogP contribution in [0.4, 0.5) is 10.1 Å². The summed E-state index contributed by atoms with van der Waals surface area (Å²) in [6, 6.07) is 7.44. The van der Waals surface area contributed by atoms with E-state index < -0.39 is 0 Å². The van der Waals surface area contributed by atoms with Crippen molar-refractivity contribution < 1.29 is 4.39 Å². The molecule has 2 nitrogen and oxygen atoms in total. The third kappa shape index (κ3) is 1.67. The Morgan fingerprint density at radius 3 is 2.89 bits per heavy atom. The molecular formula is C15H15FN2. The molecule has 18 heavy (non-hydrogen) atoms. The van der Waals surface area contributed by atoms with E-state index in [4.69, 9.17) is 0 Å². The van der Waals surface area contributed by atoms with Crippen molar-refractivity contribution >= 4 is 5.69 Å². The number of nitrogens with one attached hydrogen (secondary N) is 1. The van der Waals surface area contributed by atoms with E-state index in [-0.39, 0.29) is 11.2 Å². The van der Waals surface area contributed by atoms with Crippen LogP contribution < -0.4 is 5.32 Å². The smallest absolute Gasteiger partial charge is 0.134 e. The van der Waals surface area contributed by atoms with Gasteiger partial charge in [-0.15, -0.1) is 0 Å². The number of nitrogens with zero attached hydrogens (tertiary/aromatic N) is 1. The van der Waals surface area contributed by atoms with Gasteiger partial charge < -0.3 is 5.32 Å². The number of rotatable bonds is 1. The molecule has 1 aliphatic rings.